The number of carbonyl (C=O) groups is 1. The smallest absolute Gasteiger partial charge is 0.167 e. The van der Waals surface area contributed by atoms with Gasteiger partial charge >= 0.3 is 0 Å². The second-order valence-electron chi connectivity index (χ2n) is 2.98. The molecule has 0 radical (unpaired) electrons. The van der Waals surface area contributed by atoms with Crippen molar-refractivity contribution in [3.63, 3.8) is 0 Å². The van der Waals surface area contributed by atoms with Crippen molar-refractivity contribution in [2.24, 2.45) is 0 Å². The fourth-order valence-electron chi connectivity index (χ4n) is 1.24. The lowest BCUT2D eigenvalue weighted by Gasteiger charge is -2.09. The molecule has 0 aliphatic carbocycles. The Morgan fingerprint density at radius 1 is 1.53 bits per heavy atom. The van der Waals surface area contributed by atoms with Crippen LogP contribution < -0.4 is 4.74 Å². The number of hydrogen-bond donors (Lipinski definition) is 1. The summed E-state index contributed by atoms with van der Waals surface area (Å²) in [5.74, 6) is 0.715. The molecule has 15 heavy (non-hydrogen) atoms. The fraction of sp³-hybridized carbons (Fsp3) is 0.364. The van der Waals surface area contributed by atoms with E-state index in [4.69, 9.17) is 4.74 Å². The van der Waals surface area contributed by atoms with E-state index in [1.54, 1.807) is 12.1 Å². The Morgan fingerprint density at radius 2 is 2.27 bits per heavy atom. The molecule has 0 fully saturated rings. The topological polar surface area (TPSA) is 26.3 Å². The van der Waals surface area contributed by atoms with E-state index < -0.39 is 0 Å². The van der Waals surface area contributed by atoms with E-state index in [2.05, 4.69) is 28.6 Å². The number of benzene rings is 1. The van der Waals surface area contributed by atoms with Crippen LogP contribution in [0.25, 0.3) is 0 Å². The van der Waals surface area contributed by atoms with Crippen molar-refractivity contribution >= 4 is 34.3 Å². The van der Waals surface area contributed by atoms with E-state index in [9.17, 15) is 4.79 Å². The third kappa shape index (κ3) is 3.54. The minimum absolute atomic E-state index is 0.0752. The van der Waals surface area contributed by atoms with Crippen LogP contribution in [0.3, 0.4) is 0 Å². The van der Waals surface area contributed by atoms with Gasteiger partial charge in [0.05, 0.1) is 12.2 Å². The summed E-state index contributed by atoms with van der Waals surface area (Å²) < 4.78 is 5.39. The number of hydrogen-bond acceptors (Lipinski definition) is 3. The molecule has 0 N–H and O–H groups in total. The highest BCUT2D eigenvalue weighted by Crippen LogP contribution is 2.23. The first kappa shape index (κ1) is 12.6. The summed E-state index contributed by atoms with van der Waals surface area (Å²) in [7, 11) is 0. The Hall–Kier alpha value is -0.480. The molecule has 0 aromatic heterocycles. The largest absolute Gasteiger partial charge is 0.493 e. The van der Waals surface area contributed by atoms with Gasteiger partial charge in [0.2, 0.25) is 0 Å². The Balaban J connectivity index is 3.00. The molecule has 0 saturated carbocycles. The highest BCUT2D eigenvalue weighted by atomic mass is 79.9. The second-order valence-corrected chi connectivity index (χ2v) is 4.29. The molecule has 0 saturated heterocycles. The second kappa shape index (κ2) is 6.18. The molecular weight excluding hydrogens is 276 g/mol. The normalized spacial score (nSPS) is 10.1. The summed E-state index contributed by atoms with van der Waals surface area (Å²) in [6.45, 7) is 2.45. The number of carbonyl (C=O) groups excluding carboxylic acids is 1. The summed E-state index contributed by atoms with van der Waals surface area (Å²) in [4.78, 5) is 12.5. The maximum absolute atomic E-state index is 11.7. The van der Waals surface area contributed by atoms with Crippen molar-refractivity contribution < 1.29 is 9.53 Å². The van der Waals surface area contributed by atoms with E-state index >= 15 is 0 Å². The van der Waals surface area contributed by atoms with Crippen LogP contribution in [-0.4, -0.2) is 17.7 Å². The predicted octanol–water partition coefficient (Wildman–Crippen LogP) is 3.34. The first-order valence-electron chi connectivity index (χ1n) is 4.74. The maximum Gasteiger partial charge on any atom is 0.167 e. The molecule has 0 unspecified atom stereocenters. The van der Waals surface area contributed by atoms with Gasteiger partial charge in [-0.15, -0.1) is 12.6 Å². The van der Waals surface area contributed by atoms with Crippen molar-refractivity contribution in [1.29, 1.82) is 0 Å². The average Bonchev–Trinajstić information content (AvgIpc) is 2.21. The molecule has 1 aromatic rings. The van der Waals surface area contributed by atoms with E-state index in [0.717, 1.165) is 4.90 Å². The van der Waals surface area contributed by atoms with Crippen molar-refractivity contribution in [3.8, 4) is 5.75 Å². The molecule has 0 atom stereocenters. The van der Waals surface area contributed by atoms with Crippen LogP contribution in [0, 0.1) is 0 Å². The van der Waals surface area contributed by atoms with Crippen molar-refractivity contribution in [3.05, 3.63) is 23.8 Å². The van der Waals surface area contributed by atoms with E-state index in [1.807, 2.05) is 13.0 Å². The minimum atomic E-state index is 0.0752. The lowest BCUT2D eigenvalue weighted by molar-refractivity contribution is 0.0986. The molecule has 0 amide bonds. The van der Waals surface area contributed by atoms with Gasteiger partial charge in [-0.2, -0.15) is 0 Å². The minimum Gasteiger partial charge on any atom is -0.493 e. The van der Waals surface area contributed by atoms with Crippen LogP contribution in [0.2, 0.25) is 0 Å². The van der Waals surface area contributed by atoms with Gasteiger partial charge in [0.25, 0.3) is 0 Å². The predicted molar refractivity (Wildman–Crippen MR) is 67.6 cm³/mol. The van der Waals surface area contributed by atoms with Crippen LogP contribution in [0.4, 0.5) is 0 Å². The highest BCUT2D eigenvalue weighted by molar-refractivity contribution is 9.09. The highest BCUT2D eigenvalue weighted by Gasteiger charge is 2.11. The third-order valence-corrected chi connectivity index (χ3v) is 2.56. The van der Waals surface area contributed by atoms with Gasteiger partial charge in [-0.1, -0.05) is 15.9 Å². The average molecular weight is 289 g/mol. The molecule has 2 nitrogen and oxygen atoms in total. The number of ketones is 1. The van der Waals surface area contributed by atoms with Gasteiger partial charge < -0.3 is 4.74 Å². The van der Waals surface area contributed by atoms with Crippen LogP contribution in [-0.2, 0) is 0 Å². The Morgan fingerprint density at radius 3 is 2.87 bits per heavy atom. The van der Waals surface area contributed by atoms with Gasteiger partial charge in [-0.05, 0) is 25.1 Å². The SMILES string of the molecule is CCOc1ccc(S)cc1C(=O)CCBr. The monoisotopic (exact) mass is 288 g/mol. The van der Waals surface area contributed by atoms with Crippen molar-refractivity contribution in [1.82, 2.24) is 0 Å². The molecule has 0 heterocycles. The van der Waals surface area contributed by atoms with Gasteiger partial charge in [-0.3, -0.25) is 4.79 Å². The number of Topliss-reactive ketones (excluding diaryl/α,β-unsaturated/α-hetero) is 1. The van der Waals surface area contributed by atoms with Crippen LogP contribution in [0.15, 0.2) is 23.1 Å². The molecule has 82 valence electrons. The fourth-order valence-corrected chi connectivity index (χ4v) is 1.80. The number of rotatable bonds is 5. The molecule has 0 aliphatic heterocycles. The molecule has 1 aromatic carbocycles. The summed E-state index contributed by atoms with van der Waals surface area (Å²) >= 11 is 7.46. The maximum atomic E-state index is 11.7. The summed E-state index contributed by atoms with van der Waals surface area (Å²) in [6.07, 6.45) is 0.470. The van der Waals surface area contributed by atoms with Crippen LogP contribution in [0.5, 0.6) is 5.75 Å². The Kier molecular flexibility index (Phi) is 5.19. The number of halogens is 1. The van der Waals surface area contributed by atoms with Gasteiger partial charge in [0, 0.05) is 16.6 Å². The molecular formula is C11H13BrO2S. The van der Waals surface area contributed by atoms with Gasteiger partial charge in [0.1, 0.15) is 5.75 Å². The molecule has 4 heteroatoms. The first-order chi connectivity index (χ1) is 7.19. The number of ether oxygens (including phenoxy) is 1. The Bertz CT molecular complexity index is 352. The standard InChI is InChI=1S/C11H13BrO2S/c1-2-14-11-4-3-8(15)7-9(11)10(13)5-6-12/h3-4,7,15H,2,5-6H2,1H3. The third-order valence-electron chi connectivity index (χ3n) is 1.88. The van der Waals surface area contributed by atoms with Crippen molar-refractivity contribution in [2.45, 2.75) is 18.2 Å². The van der Waals surface area contributed by atoms with Crippen LogP contribution in [0.1, 0.15) is 23.7 Å². The molecule has 0 bridgehead atoms. The summed E-state index contributed by atoms with van der Waals surface area (Å²) in [6, 6.07) is 5.35. The molecule has 0 spiro atoms. The van der Waals surface area contributed by atoms with E-state index in [1.165, 1.54) is 0 Å². The van der Waals surface area contributed by atoms with E-state index in [-0.39, 0.29) is 5.78 Å². The van der Waals surface area contributed by atoms with Crippen molar-refractivity contribution in [2.75, 3.05) is 11.9 Å². The first-order valence-corrected chi connectivity index (χ1v) is 6.31. The summed E-state index contributed by atoms with van der Waals surface area (Å²) in [5, 5.41) is 0.661. The Labute approximate surface area is 104 Å². The zero-order valence-corrected chi connectivity index (χ0v) is 11.0. The quantitative estimate of drug-likeness (QED) is 0.511. The van der Waals surface area contributed by atoms with Crippen LogP contribution >= 0.6 is 28.6 Å². The molecule has 1 rings (SSSR count). The van der Waals surface area contributed by atoms with Gasteiger partial charge in [-0.25, -0.2) is 0 Å². The lowest BCUT2D eigenvalue weighted by atomic mass is 10.1. The van der Waals surface area contributed by atoms with Gasteiger partial charge in [0.15, 0.2) is 5.78 Å². The zero-order valence-electron chi connectivity index (χ0n) is 8.50. The number of thiol groups is 1. The summed E-state index contributed by atoms with van der Waals surface area (Å²) in [5.41, 5.74) is 0.615. The van der Waals surface area contributed by atoms with E-state index in [0.29, 0.717) is 29.7 Å². The lowest BCUT2D eigenvalue weighted by Crippen LogP contribution is -2.04. The molecule has 0 aliphatic rings. The zero-order chi connectivity index (χ0) is 11.3. The number of alkyl halides is 1.